The van der Waals surface area contributed by atoms with Gasteiger partial charge in [0.25, 0.3) is 0 Å². The van der Waals surface area contributed by atoms with Gasteiger partial charge in [-0.3, -0.25) is 0 Å². The van der Waals surface area contributed by atoms with Gasteiger partial charge in [-0.25, -0.2) is 0 Å². The van der Waals surface area contributed by atoms with Gasteiger partial charge in [-0.1, -0.05) is 57.2 Å². The number of nitrogens with one attached hydrogen (secondary N) is 1. The lowest BCUT2D eigenvalue weighted by Crippen LogP contribution is -2.43. The van der Waals surface area contributed by atoms with Crippen LogP contribution in [0, 0.1) is 0 Å². The lowest BCUT2D eigenvalue weighted by atomic mass is 9.89. The number of rotatable bonds is 7. The van der Waals surface area contributed by atoms with E-state index in [1.807, 2.05) is 19.2 Å². The molecule has 0 bridgehead atoms. The van der Waals surface area contributed by atoms with E-state index in [1.165, 1.54) is 11.1 Å². The molecule has 2 aromatic carbocycles. The van der Waals surface area contributed by atoms with Gasteiger partial charge in [-0.2, -0.15) is 0 Å². The Morgan fingerprint density at radius 1 is 1.03 bits per heavy atom. The zero-order valence-corrected chi connectivity index (χ0v) is 20.5. The fourth-order valence-electron chi connectivity index (χ4n) is 3.76. The summed E-state index contributed by atoms with van der Waals surface area (Å²) >= 11 is 0. The fourth-order valence-corrected chi connectivity index (χ4v) is 4.81. The van der Waals surface area contributed by atoms with Crippen LogP contribution in [0.15, 0.2) is 48.5 Å². The molecule has 5 heteroatoms. The molecule has 1 fully saturated rings. The summed E-state index contributed by atoms with van der Waals surface area (Å²) in [4.78, 5) is 0. The van der Waals surface area contributed by atoms with Gasteiger partial charge in [0.2, 0.25) is 0 Å². The van der Waals surface area contributed by atoms with Gasteiger partial charge in [-0.15, -0.1) is 0 Å². The van der Waals surface area contributed by atoms with E-state index in [-0.39, 0.29) is 10.6 Å². The maximum Gasteiger partial charge on any atom is 0.192 e. The van der Waals surface area contributed by atoms with Crippen molar-refractivity contribution in [1.29, 1.82) is 0 Å². The summed E-state index contributed by atoms with van der Waals surface area (Å²) < 4.78 is 17.9. The van der Waals surface area contributed by atoms with Crippen LogP contribution in [-0.2, 0) is 14.8 Å². The van der Waals surface area contributed by atoms with Crippen LogP contribution in [0.3, 0.4) is 0 Å². The Balaban J connectivity index is 1.71. The number of hydrogen-bond donors (Lipinski definition) is 1. The predicted octanol–water partition coefficient (Wildman–Crippen LogP) is 5.59. The molecule has 0 unspecified atom stereocenters. The van der Waals surface area contributed by atoms with Crippen molar-refractivity contribution >= 4 is 8.32 Å². The van der Waals surface area contributed by atoms with Gasteiger partial charge in [0.15, 0.2) is 8.32 Å². The summed E-state index contributed by atoms with van der Waals surface area (Å²) in [7, 11) is 1.76. The van der Waals surface area contributed by atoms with Crippen molar-refractivity contribution in [1.82, 2.24) is 5.32 Å². The van der Waals surface area contributed by atoms with E-state index in [1.54, 1.807) is 7.11 Å². The zero-order chi connectivity index (χ0) is 22.0. The van der Waals surface area contributed by atoms with Gasteiger partial charge in [0.05, 0.1) is 7.11 Å². The van der Waals surface area contributed by atoms with Crippen LogP contribution in [0.25, 0.3) is 11.1 Å². The SMILES string of the molecule is COc1cccc(-c2ccc([C@@]3(OC)CN[C@H](CO[Si](C)(C)C(C)(C)C)C3)cc2)c1. The van der Waals surface area contributed by atoms with Crippen LogP contribution in [0.4, 0.5) is 0 Å². The standard InChI is InChI=1S/C25H37NO3Si/c1-24(2,3)30(6,7)29-17-22-16-25(28-5,18-26-22)21-13-11-19(12-14-21)20-9-8-10-23(15-20)27-4/h8-15,22,26H,16-18H2,1-7H3/t22-,25-/m0/s1. The maximum absolute atomic E-state index is 6.46. The van der Waals surface area contributed by atoms with Gasteiger partial charge in [-0.05, 0) is 53.4 Å². The Morgan fingerprint density at radius 3 is 2.33 bits per heavy atom. The third kappa shape index (κ3) is 4.80. The van der Waals surface area contributed by atoms with Crippen molar-refractivity contribution in [2.45, 2.75) is 57.0 Å². The molecule has 1 N–H and O–H groups in total. The second-order valence-electron chi connectivity index (χ2n) is 9.86. The average Bonchev–Trinajstić information content (AvgIpc) is 3.16. The number of benzene rings is 2. The molecule has 2 aromatic rings. The summed E-state index contributed by atoms with van der Waals surface area (Å²) in [6.45, 7) is 13.0. The molecule has 1 heterocycles. The summed E-state index contributed by atoms with van der Waals surface area (Å²) in [5, 5.41) is 3.86. The first-order valence-corrected chi connectivity index (χ1v) is 13.7. The molecule has 0 radical (unpaired) electrons. The van der Waals surface area contributed by atoms with E-state index in [2.05, 4.69) is 75.6 Å². The van der Waals surface area contributed by atoms with Crippen molar-refractivity contribution in [2.75, 3.05) is 27.4 Å². The summed E-state index contributed by atoms with van der Waals surface area (Å²) in [5.74, 6) is 0.870. The second kappa shape index (κ2) is 8.83. The van der Waals surface area contributed by atoms with E-state index in [0.717, 1.165) is 30.9 Å². The van der Waals surface area contributed by atoms with Gasteiger partial charge >= 0.3 is 0 Å². The quantitative estimate of drug-likeness (QED) is 0.585. The van der Waals surface area contributed by atoms with Gasteiger partial charge < -0.3 is 19.2 Å². The first kappa shape index (κ1) is 23.0. The highest BCUT2D eigenvalue weighted by Crippen LogP contribution is 2.39. The highest BCUT2D eigenvalue weighted by Gasteiger charge is 2.43. The molecule has 2 atom stereocenters. The number of methoxy groups -OCH3 is 2. The molecule has 30 heavy (non-hydrogen) atoms. The van der Waals surface area contributed by atoms with Crippen LogP contribution in [0.2, 0.25) is 18.1 Å². The van der Waals surface area contributed by atoms with Crippen LogP contribution in [0.5, 0.6) is 5.75 Å². The van der Waals surface area contributed by atoms with Crippen LogP contribution >= 0.6 is 0 Å². The normalized spacial score (nSPS) is 22.3. The lowest BCUT2D eigenvalue weighted by Gasteiger charge is -2.37. The minimum atomic E-state index is -1.75. The third-order valence-electron chi connectivity index (χ3n) is 6.91. The van der Waals surface area contributed by atoms with E-state index in [9.17, 15) is 0 Å². The molecule has 1 saturated heterocycles. The molecule has 0 aliphatic carbocycles. The third-order valence-corrected chi connectivity index (χ3v) is 11.4. The Hall–Kier alpha value is -1.66. The molecule has 1 aliphatic heterocycles. The van der Waals surface area contributed by atoms with Crippen molar-refractivity contribution in [3.63, 3.8) is 0 Å². The van der Waals surface area contributed by atoms with Crippen LogP contribution < -0.4 is 10.1 Å². The van der Waals surface area contributed by atoms with E-state index in [0.29, 0.717) is 6.04 Å². The zero-order valence-electron chi connectivity index (χ0n) is 19.5. The number of ether oxygens (including phenoxy) is 2. The van der Waals surface area contributed by atoms with Crippen molar-refractivity contribution in [3.05, 3.63) is 54.1 Å². The summed E-state index contributed by atoms with van der Waals surface area (Å²) in [6.07, 6.45) is 0.913. The summed E-state index contributed by atoms with van der Waals surface area (Å²) in [6, 6.07) is 17.2. The van der Waals surface area contributed by atoms with Gasteiger partial charge in [0, 0.05) is 26.3 Å². The topological polar surface area (TPSA) is 39.7 Å². The molecule has 4 nitrogen and oxygen atoms in total. The van der Waals surface area contributed by atoms with Crippen molar-refractivity contribution < 1.29 is 13.9 Å². The molecule has 0 saturated carbocycles. The number of hydrogen-bond acceptors (Lipinski definition) is 4. The molecule has 0 amide bonds. The minimum Gasteiger partial charge on any atom is -0.497 e. The Bertz CT molecular complexity index is 844. The fraction of sp³-hybridized carbons (Fsp3) is 0.520. The molecule has 3 rings (SSSR count). The molecule has 164 valence electrons. The van der Waals surface area contributed by atoms with Crippen molar-refractivity contribution in [3.8, 4) is 16.9 Å². The van der Waals surface area contributed by atoms with E-state index >= 15 is 0 Å². The molecular formula is C25H37NO3Si. The highest BCUT2D eigenvalue weighted by atomic mass is 28.4. The first-order chi connectivity index (χ1) is 14.1. The monoisotopic (exact) mass is 427 g/mol. The minimum absolute atomic E-state index is 0.222. The highest BCUT2D eigenvalue weighted by molar-refractivity contribution is 6.74. The Kier molecular flexibility index (Phi) is 6.77. The second-order valence-corrected chi connectivity index (χ2v) is 14.7. The van der Waals surface area contributed by atoms with E-state index in [4.69, 9.17) is 13.9 Å². The maximum atomic E-state index is 6.46. The smallest absolute Gasteiger partial charge is 0.192 e. The van der Waals surface area contributed by atoms with Gasteiger partial charge in [0.1, 0.15) is 11.4 Å². The molecule has 0 aromatic heterocycles. The Labute approximate surface area is 183 Å². The van der Waals surface area contributed by atoms with Crippen molar-refractivity contribution in [2.24, 2.45) is 0 Å². The molecule has 1 aliphatic rings. The molecule has 0 spiro atoms. The predicted molar refractivity (Wildman–Crippen MR) is 127 cm³/mol. The average molecular weight is 428 g/mol. The summed E-state index contributed by atoms with van der Waals surface area (Å²) in [5.41, 5.74) is 3.22. The van der Waals surface area contributed by atoms with Crippen LogP contribution in [-0.4, -0.2) is 41.7 Å². The van der Waals surface area contributed by atoms with Crippen LogP contribution in [0.1, 0.15) is 32.8 Å². The molecular weight excluding hydrogens is 390 g/mol. The lowest BCUT2D eigenvalue weighted by molar-refractivity contribution is -0.000104. The van der Waals surface area contributed by atoms with E-state index < -0.39 is 8.32 Å². The first-order valence-electron chi connectivity index (χ1n) is 10.8. The Morgan fingerprint density at radius 2 is 1.73 bits per heavy atom. The largest absolute Gasteiger partial charge is 0.497 e.